The van der Waals surface area contributed by atoms with Crippen LogP contribution in [0.15, 0.2) is 6.07 Å². The summed E-state index contributed by atoms with van der Waals surface area (Å²) in [5, 5.41) is 0. The van der Waals surface area contributed by atoms with Crippen LogP contribution in [0.1, 0.15) is 49.2 Å². The van der Waals surface area contributed by atoms with E-state index < -0.39 is 0 Å². The van der Waals surface area contributed by atoms with Gasteiger partial charge in [0.2, 0.25) is 0 Å². The van der Waals surface area contributed by atoms with Gasteiger partial charge < -0.3 is 9.72 Å². The summed E-state index contributed by atoms with van der Waals surface area (Å²) in [6.45, 7) is 2.99. The highest BCUT2D eigenvalue weighted by molar-refractivity contribution is 7.71. The highest BCUT2D eigenvalue weighted by Crippen LogP contribution is 2.39. The van der Waals surface area contributed by atoms with Crippen molar-refractivity contribution in [3.05, 3.63) is 22.2 Å². The van der Waals surface area contributed by atoms with Gasteiger partial charge in [0.1, 0.15) is 16.6 Å². The second-order valence-corrected chi connectivity index (χ2v) is 6.37. The number of fused-ring (bicyclic) bond motifs is 1. The number of aromatic amines is 1. The lowest BCUT2D eigenvalue weighted by atomic mass is 10.1. The van der Waals surface area contributed by atoms with E-state index in [9.17, 15) is 0 Å². The molecule has 1 aromatic rings. The van der Waals surface area contributed by atoms with E-state index in [4.69, 9.17) is 17.0 Å². The number of morpholine rings is 1. The molecule has 1 N–H and O–H groups in total. The first-order valence-corrected chi connectivity index (χ1v) is 7.67. The first-order valence-electron chi connectivity index (χ1n) is 7.26. The summed E-state index contributed by atoms with van der Waals surface area (Å²) in [4.78, 5) is 10.5. The molecule has 2 aliphatic heterocycles. The van der Waals surface area contributed by atoms with E-state index in [0.29, 0.717) is 16.6 Å². The fraction of sp³-hybridized carbons (Fsp3) is 0.714. The fourth-order valence-electron chi connectivity index (χ4n) is 3.25. The lowest BCUT2D eigenvalue weighted by molar-refractivity contribution is -0.0542. The Morgan fingerprint density at radius 1 is 1.37 bits per heavy atom. The molecular formula is C14H19N3OS. The number of hydrogen-bond donors (Lipinski definition) is 1. The number of ether oxygens (including phenoxy) is 1. The molecule has 3 heterocycles. The molecule has 1 aliphatic carbocycles. The van der Waals surface area contributed by atoms with Crippen LogP contribution >= 0.6 is 12.2 Å². The van der Waals surface area contributed by atoms with Crippen LogP contribution in [-0.2, 0) is 4.74 Å². The van der Waals surface area contributed by atoms with Crippen LogP contribution < -0.4 is 0 Å². The van der Waals surface area contributed by atoms with E-state index in [1.165, 1.54) is 37.9 Å². The Hall–Kier alpha value is -0.780. The van der Waals surface area contributed by atoms with E-state index in [0.717, 1.165) is 19.0 Å². The Kier molecular flexibility index (Phi) is 2.94. The molecule has 4 nitrogen and oxygen atoms in total. The maximum Gasteiger partial charge on any atom is 0.138 e. The van der Waals surface area contributed by atoms with Crippen LogP contribution in [0.4, 0.5) is 0 Å². The van der Waals surface area contributed by atoms with Gasteiger partial charge in [0.15, 0.2) is 0 Å². The topological polar surface area (TPSA) is 41.2 Å². The molecule has 5 heteroatoms. The van der Waals surface area contributed by atoms with E-state index in [1.54, 1.807) is 0 Å². The Balaban J connectivity index is 1.59. The van der Waals surface area contributed by atoms with E-state index in [2.05, 4.69) is 14.9 Å². The van der Waals surface area contributed by atoms with E-state index in [1.807, 2.05) is 6.07 Å². The van der Waals surface area contributed by atoms with Crippen LogP contribution in [0.2, 0.25) is 0 Å². The summed E-state index contributed by atoms with van der Waals surface area (Å²) in [5.41, 5.74) is 1.25. The van der Waals surface area contributed by atoms with Crippen LogP contribution in [0, 0.1) is 4.64 Å². The van der Waals surface area contributed by atoms with Gasteiger partial charge in [-0.05, 0) is 44.2 Å². The molecule has 2 saturated heterocycles. The molecule has 1 aromatic heterocycles. The minimum atomic E-state index is 0.0646. The summed E-state index contributed by atoms with van der Waals surface area (Å²) in [7, 11) is 0. The zero-order valence-electron chi connectivity index (χ0n) is 11.0. The molecule has 0 bridgehead atoms. The van der Waals surface area contributed by atoms with Gasteiger partial charge in [-0.1, -0.05) is 12.2 Å². The maximum atomic E-state index is 6.01. The van der Waals surface area contributed by atoms with Gasteiger partial charge >= 0.3 is 0 Å². The number of nitrogens with one attached hydrogen (secondary N) is 1. The normalized spacial score (nSPS) is 31.4. The van der Waals surface area contributed by atoms with Crippen molar-refractivity contribution in [2.45, 2.75) is 43.7 Å². The smallest absolute Gasteiger partial charge is 0.138 e. The van der Waals surface area contributed by atoms with Crippen LogP contribution in [0.3, 0.4) is 0 Å². The lowest BCUT2D eigenvalue weighted by Gasteiger charge is -2.34. The van der Waals surface area contributed by atoms with Gasteiger partial charge in [-0.15, -0.1) is 0 Å². The quantitative estimate of drug-likeness (QED) is 0.844. The van der Waals surface area contributed by atoms with Crippen molar-refractivity contribution in [2.24, 2.45) is 0 Å². The average molecular weight is 277 g/mol. The largest absolute Gasteiger partial charge is 0.367 e. The molecule has 4 rings (SSSR count). The molecule has 3 aliphatic rings. The second-order valence-electron chi connectivity index (χ2n) is 5.95. The third-order valence-corrected chi connectivity index (χ3v) is 4.70. The Morgan fingerprint density at radius 2 is 2.26 bits per heavy atom. The first-order chi connectivity index (χ1) is 9.29. The zero-order chi connectivity index (χ0) is 12.8. The average Bonchev–Trinajstić information content (AvgIpc) is 3.16. The predicted molar refractivity (Wildman–Crippen MR) is 74.7 cm³/mol. The van der Waals surface area contributed by atoms with Crippen molar-refractivity contribution in [1.82, 2.24) is 14.9 Å². The van der Waals surface area contributed by atoms with Crippen LogP contribution in [0.25, 0.3) is 0 Å². The van der Waals surface area contributed by atoms with Gasteiger partial charge in [-0.3, -0.25) is 4.90 Å². The summed E-state index contributed by atoms with van der Waals surface area (Å²) in [6, 6.07) is 2.64. The zero-order valence-corrected chi connectivity index (χ0v) is 11.8. The molecule has 0 amide bonds. The number of nitrogens with zero attached hydrogens (tertiary/aromatic N) is 2. The Labute approximate surface area is 118 Å². The number of aromatic nitrogens is 2. The second kappa shape index (κ2) is 4.65. The molecule has 2 unspecified atom stereocenters. The van der Waals surface area contributed by atoms with Gasteiger partial charge in [-0.25, -0.2) is 4.98 Å². The van der Waals surface area contributed by atoms with Gasteiger partial charge in [0.05, 0.1) is 6.61 Å². The molecule has 19 heavy (non-hydrogen) atoms. The summed E-state index contributed by atoms with van der Waals surface area (Å²) in [6.07, 6.45) is 5.18. The van der Waals surface area contributed by atoms with Crippen molar-refractivity contribution in [2.75, 3.05) is 19.7 Å². The molecule has 0 radical (unpaired) electrons. The molecule has 0 aromatic carbocycles. The summed E-state index contributed by atoms with van der Waals surface area (Å²) >= 11 is 5.30. The van der Waals surface area contributed by atoms with E-state index in [-0.39, 0.29) is 6.10 Å². The van der Waals surface area contributed by atoms with Gasteiger partial charge in [0, 0.05) is 18.3 Å². The molecule has 2 atom stereocenters. The van der Waals surface area contributed by atoms with Crippen molar-refractivity contribution < 1.29 is 4.74 Å². The summed E-state index contributed by atoms with van der Waals surface area (Å²) < 4.78 is 6.70. The molecule has 102 valence electrons. The lowest BCUT2D eigenvalue weighted by Crippen LogP contribution is -2.42. The van der Waals surface area contributed by atoms with E-state index >= 15 is 0 Å². The molecule has 3 fully saturated rings. The fourth-order valence-corrected chi connectivity index (χ4v) is 3.47. The third-order valence-electron chi connectivity index (χ3n) is 4.49. The minimum Gasteiger partial charge on any atom is -0.367 e. The maximum absolute atomic E-state index is 6.01. The van der Waals surface area contributed by atoms with Crippen molar-refractivity contribution in [3.8, 4) is 0 Å². The molecule has 0 spiro atoms. The van der Waals surface area contributed by atoms with Gasteiger partial charge in [-0.2, -0.15) is 0 Å². The Bertz CT molecular complexity index is 540. The van der Waals surface area contributed by atoms with Crippen molar-refractivity contribution in [1.29, 1.82) is 0 Å². The molecule has 1 saturated carbocycles. The Morgan fingerprint density at radius 3 is 3.11 bits per heavy atom. The predicted octanol–water partition coefficient (Wildman–Crippen LogP) is 2.55. The minimum absolute atomic E-state index is 0.0646. The van der Waals surface area contributed by atoms with Crippen molar-refractivity contribution >= 4 is 12.2 Å². The van der Waals surface area contributed by atoms with Crippen LogP contribution in [-0.4, -0.2) is 40.6 Å². The standard InChI is InChI=1S/C14H19N3OS/c19-13-6-11(9-3-4-9)15-14(16-13)12-7-17-5-1-2-10(17)8-18-12/h6,9-10,12H,1-5,7-8H2,(H,15,16,19). The van der Waals surface area contributed by atoms with Crippen molar-refractivity contribution in [3.63, 3.8) is 0 Å². The first kappa shape index (κ1) is 12.0. The van der Waals surface area contributed by atoms with Gasteiger partial charge in [0.25, 0.3) is 0 Å². The SMILES string of the molecule is S=c1cc(C2CC2)[nH]c(C2CN3CCCC3CO2)n1. The highest BCUT2D eigenvalue weighted by atomic mass is 32.1. The molecular weight excluding hydrogens is 258 g/mol. The monoisotopic (exact) mass is 277 g/mol. The number of hydrogen-bond acceptors (Lipinski definition) is 4. The summed E-state index contributed by atoms with van der Waals surface area (Å²) in [5.74, 6) is 1.60. The van der Waals surface area contributed by atoms with Crippen LogP contribution in [0.5, 0.6) is 0 Å². The highest BCUT2D eigenvalue weighted by Gasteiger charge is 2.34. The third kappa shape index (κ3) is 2.35. The number of H-pyrrole nitrogens is 1. The number of rotatable bonds is 2.